The number of nitrogens with zero attached hydrogens (tertiary/aromatic N) is 4. The lowest BCUT2D eigenvalue weighted by molar-refractivity contribution is 0.188. The van der Waals surface area contributed by atoms with Crippen LogP contribution in [-0.2, 0) is 5.41 Å². The molecule has 0 bridgehead atoms. The number of imidazole rings is 1. The van der Waals surface area contributed by atoms with Gasteiger partial charge in [-0.15, -0.1) is 0 Å². The van der Waals surface area contributed by atoms with E-state index in [9.17, 15) is 4.39 Å². The van der Waals surface area contributed by atoms with Crippen molar-refractivity contribution < 1.29 is 4.39 Å². The van der Waals surface area contributed by atoms with Gasteiger partial charge in [-0.2, -0.15) is 0 Å². The number of likely N-dealkylation sites (tertiary alicyclic amines) is 1. The van der Waals surface area contributed by atoms with E-state index in [1.165, 1.54) is 6.07 Å². The van der Waals surface area contributed by atoms with Crippen LogP contribution in [0.5, 0.6) is 0 Å². The fraction of sp³-hybridized carbons (Fsp3) is 0.524. The third kappa shape index (κ3) is 4.49. The number of aliphatic imine (C=N–C) groups is 1. The molecule has 0 radical (unpaired) electrons. The minimum Gasteiger partial charge on any atom is -0.355 e. The average molecular weight is 372 g/mol. The zero-order chi connectivity index (χ0) is 19.4. The van der Waals surface area contributed by atoms with Crippen LogP contribution in [-0.4, -0.2) is 47.1 Å². The topological polar surface area (TPSA) is 45.5 Å². The molecule has 1 aliphatic rings. The van der Waals surface area contributed by atoms with Crippen LogP contribution in [0.4, 0.5) is 4.39 Å². The largest absolute Gasteiger partial charge is 0.355 e. The summed E-state index contributed by atoms with van der Waals surface area (Å²) in [6.07, 6.45) is 6.87. The summed E-state index contributed by atoms with van der Waals surface area (Å²) in [7, 11) is 1.82. The zero-order valence-electron chi connectivity index (χ0n) is 16.7. The first kappa shape index (κ1) is 19.4. The molecular weight excluding hydrogens is 341 g/mol. The van der Waals surface area contributed by atoms with Crippen LogP contribution >= 0.6 is 0 Å². The minimum absolute atomic E-state index is 0.196. The summed E-state index contributed by atoms with van der Waals surface area (Å²) in [4.78, 5) is 11.0. The number of hydrogen-bond donors (Lipinski definition) is 1. The Balaban J connectivity index is 1.67. The van der Waals surface area contributed by atoms with Crippen molar-refractivity contribution in [3.8, 4) is 0 Å². The van der Waals surface area contributed by atoms with E-state index < -0.39 is 0 Å². The van der Waals surface area contributed by atoms with Crippen LogP contribution in [0.15, 0.2) is 48.0 Å². The Morgan fingerprint density at radius 2 is 2.22 bits per heavy atom. The lowest BCUT2D eigenvalue weighted by Gasteiger charge is -2.40. The third-order valence-electron chi connectivity index (χ3n) is 5.63. The van der Waals surface area contributed by atoms with Gasteiger partial charge in [-0.1, -0.05) is 32.9 Å². The van der Waals surface area contributed by atoms with E-state index in [1.54, 1.807) is 12.1 Å². The van der Waals surface area contributed by atoms with Crippen LogP contribution in [0, 0.1) is 11.7 Å². The second-order valence-electron chi connectivity index (χ2n) is 8.08. The number of piperidine rings is 1. The van der Waals surface area contributed by atoms with Gasteiger partial charge in [-0.05, 0) is 30.0 Å². The van der Waals surface area contributed by atoms with Crippen molar-refractivity contribution in [2.75, 3.05) is 26.7 Å². The van der Waals surface area contributed by atoms with Crippen molar-refractivity contribution in [1.29, 1.82) is 0 Å². The summed E-state index contributed by atoms with van der Waals surface area (Å²) in [5.41, 5.74) is 0.777. The Bertz CT molecular complexity index is 769. The Kier molecular flexibility index (Phi) is 5.82. The van der Waals surface area contributed by atoms with E-state index in [0.29, 0.717) is 18.5 Å². The Morgan fingerprint density at radius 1 is 1.41 bits per heavy atom. The maximum Gasteiger partial charge on any atom is 0.193 e. The van der Waals surface area contributed by atoms with Gasteiger partial charge in [0.25, 0.3) is 0 Å². The molecule has 2 unspecified atom stereocenters. The normalized spacial score (nSPS) is 21.4. The fourth-order valence-corrected chi connectivity index (χ4v) is 3.74. The van der Waals surface area contributed by atoms with Gasteiger partial charge in [0.1, 0.15) is 5.82 Å². The molecule has 5 nitrogen and oxygen atoms in total. The van der Waals surface area contributed by atoms with Gasteiger partial charge in [0.15, 0.2) is 5.96 Å². The van der Waals surface area contributed by atoms with E-state index >= 15 is 0 Å². The number of aromatic nitrogens is 2. The molecule has 146 valence electrons. The molecule has 1 fully saturated rings. The number of rotatable bonds is 4. The van der Waals surface area contributed by atoms with Gasteiger partial charge in [-0.3, -0.25) is 4.99 Å². The monoisotopic (exact) mass is 371 g/mol. The summed E-state index contributed by atoms with van der Waals surface area (Å²) < 4.78 is 15.8. The highest BCUT2D eigenvalue weighted by atomic mass is 19.1. The predicted molar refractivity (Wildman–Crippen MR) is 107 cm³/mol. The van der Waals surface area contributed by atoms with Gasteiger partial charge in [0.2, 0.25) is 0 Å². The lowest BCUT2D eigenvalue weighted by atomic mass is 9.84. The number of hydrogen-bond acceptors (Lipinski definition) is 2. The summed E-state index contributed by atoms with van der Waals surface area (Å²) in [5, 5.41) is 3.51. The van der Waals surface area contributed by atoms with Crippen LogP contribution in [0.3, 0.4) is 0 Å². The molecule has 6 heteroatoms. The molecule has 2 aromatic rings. The average Bonchev–Trinajstić information content (AvgIpc) is 3.18. The zero-order valence-corrected chi connectivity index (χ0v) is 16.7. The second-order valence-corrected chi connectivity index (χ2v) is 8.08. The van der Waals surface area contributed by atoms with Gasteiger partial charge < -0.3 is 14.8 Å². The van der Waals surface area contributed by atoms with Crippen LogP contribution in [0.2, 0.25) is 0 Å². The van der Waals surface area contributed by atoms with E-state index in [2.05, 4.69) is 45.5 Å². The van der Waals surface area contributed by atoms with Gasteiger partial charge in [0, 0.05) is 44.5 Å². The molecule has 0 amide bonds. The molecule has 1 aromatic heterocycles. The van der Waals surface area contributed by atoms with Crippen LogP contribution in [0.25, 0.3) is 0 Å². The lowest BCUT2D eigenvalue weighted by Crippen LogP contribution is -2.51. The second kappa shape index (κ2) is 8.11. The standard InChI is InChI=1S/C21H30FN5/c1-16-8-10-26(13-19(16)27-11-9-24-15-27)20(23-4)25-14-21(2,3)17-6-5-7-18(22)12-17/h5-7,9,11-12,15-16,19H,8,10,13-14H2,1-4H3,(H,23,25). The highest BCUT2D eigenvalue weighted by molar-refractivity contribution is 5.80. The van der Waals surface area contributed by atoms with Crippen molar-refractivity contribution >= 4 is 5.96 Å². The Labute approximate surface area is 161 Å². The number of benzene rings is 1. The molecule has 3 rings (SSSR count). The maximum atomic E-state index is 13.6. The SMILES string of the molecule is CN=C(NCC(C)(C)c1cccc(F)c1)N1CCC(C)C(n2ccnc2)C1. The van der Waals surface area contributed by atoms with Crippen LogP contribution < -0.4 is 5.32 Å². The molecule has 27 heavy (non-hydrogen) atoms. The maximum absolute atomic E-state index is 13.6. The van der Waals surface area contributed by atoms with Crippen molar-refractivity contribution in [3.05, 3.63) is 54.4 Å². The molecular formula is C21H30FN5. The van der Waals surface area contributed by atoms with E-state index in [0.717, 1.165) is 31.0 Å². The minimum atomic E-state index is -0.204. The van der Waals surface area contributed by atoms with Crippen LogP contribution in [0.1, 0.15) is 38.8 Å². The molecule has 0 spiro atoms. The van der Waals surface area contributed by atoms with Crippen molar-refractivity contribution in [3.63, 3.8) is 0 Å². The first-order valence-corrected chi connectivity index (χ1v) is 9.60. The summed E-state index contributed by atoms with van der Waals surface area (Å²) in [6, 6.07) is 7.23. The van der Waals surface area contributed by atoms with Gasteiger partial charge in [0.05, 0.1) is 12.4 Å². The summed E-state index contributed by atoms with van der Waals surface area (Å²) >= 11 is 0. The molecule has 0 saturated carbocycles. The summed E-state index contributed by atoms with van der Waals surface area (Å²) in [6.45, 7) is 9.10. The molecule has 1 saturated heterocycles. The fourth-order valence-electron chi connectivity index (χ4n) is 3.74. The van der Waals surface area contributed by atoms with Crippen molar-refractivity contribution in [2.24, 2.45) is 10.9 Å². The highest BCUT2D eigenvalue weighted by Crippen LogP contribution is 2.28. The third-order valence-corrected chi connectivity index (χ3v) is 5.63. The quantitative estimate of drug-likeness (QED) is 0.661. The first-order chi connectivity index (χ1) is 12.9. The predicted octanol–water partition coefficient (Wildman–Crippen LogP) is 3.46. The molecule has 2 heterocycles. The van der Waals surface area contributed by atoms with E-state index in [4.69, 9.17) is 0 Å². The Hall–Kier alpha value is -2.37. The molecule has 1 aromatic carbocycles. The van der Waals surface area contributed by atoms with Crippen molar-refractivity contribution in [1.82, 2.24) is 19.8 Å². The van der Waals surface area contributed by atoms with Crippen molar-refractivity contribution in [2.45, 2.75) is 38.6 Å². The van der Waals surface area contributed by atoms with E-state index in [-0.39, 0.29) is 11.2 Å². The molecule has 2 atom stereocenters. The Morgan fingerprint density at radius 3 is 2.89 bits per heavy atom. The summed E-state index contributed by atoms with van der Waals surface area (Å²) in [5.74, 6) is 1.30. The number of halogens is 1. The molecule has 0 aliphatic carbocycles. The van der Waals surface area contributed by atoms with Gasteiger partial charge >= 0.3 is 0 Å². The smallest absolute Gasteiger partial charge is 0.193 e. The van der Waals surface area contributed by atoms with Gasteiger partial charge in [-0.25, -0.2) is 9.37 Å². The number of guanidine groups is 1. The number of nitrogens with one attached hydrogen (secondary N) is 1. The molecule has 1 N–H and O–H groups in total. The van der Waals surface area contributed by atoms with E-state index in [1.807, 2.05) is 31.8 Å². The first-order valence-electron chi connectivity index (χ1n) is 9.60. The molecule has 1 aliphatic heterocycles. The highest BCUT2D eigenvalue weighted by Gasteiger charge is 2.30.